The lowest BCUT2D eigenvalue weighted by Crippen LogP contribution is -2.24. The highest BCUT2D eigenvalue weighted by Gasteiger charge is 2.19. The van der Waals surface area contributed by atoms with Crippen molar-refractivity contribution in [2.45, 2.75) is 4.90 Å². The number of hydrogen-bond acceptors (Lipinski definition) is 4. The molecule has 0 radical (unpaired) electrons. The Kier molecular flexibility index (Phi) is 2.34. The second-order valence-corrected chi connectivity index (χ2v) is 4.12. The van der Waals surface area contributed by atoms with Crippen LogP contribution in [0.5, 0.6) is 0 Å². The summed E-state index contributed by atoms with van der Waals surface area (Å²) >= 11 is 0. The van der Waals surface area contributed by atoms with E-state index in [1.54, 1.807) is 0 Å². The van der Waals surface area contributed by atoms with Gasteiger partial charge in [0.25, 0.3) is 10.0 Å². The van der Waals surface area contributed by atoms with Gasteiger partial charge in [0.2, 0.25) is 5.96 Å². The van der Waals surface area contributed by atoms with Crippen LogP contribution in [-0.2, 0) is 17.1 Å². The van der Waals surface area contributed by atoms with Crippen LogP contribution in [-0.4, -0.2) is 24.2 Å². The summed E-state index contributed by atoms with van der Waals surface area (Å²) in [5, 5.41) is 3.65. The van der Waals surface area contributed by atoms with Crippen LogP contribution in [0.25, 0.3) is 0 Å². The maximum atomic E-state index is 11.4. The minimum Gasteiger partial charge on any atom is -0.381 e. The highest BCUT2D eigenvalue weighted by Crippen LogP contribution is 2.17. The van der Waals surface area contributed by atoms with E-state index in [4.69, 9.17) is 17.2 Å². The van der Waals surface area contributed by atoms with Crippen LogP contribution < -0.4 is 17.2 Å². The van der Waals surface area contributed by atoms with Crippen molar-refractivity contribution in [3.05, 3.63) is 6.20 Å². The first-order chi connectivity index (χ1) is 6.33. The number of rotatable bonds is 2. The lowest BCUT2D eigenvalue weighted by atomic mass is 10.7. The second kappa shape index (κ2) is 3.18. The van der Waals surface area contributed by atoms with Gasteiger partial charge in [0, 0.05) is 13.2 Å². The summed E-state index contributed by atoms with van der Waals surface area (Å²) in [5.74, 6) is -0.689. The molecule has 0 saturated heterocycles. The average molecular weight is 218 g/mol. The van der Waals surface area contributed by atoms with Crippen LogP contribution in [0.4, 0.5) is 5.82 Å². The fourth-order valence-corrected chi connectivity index (χ4v) is 1.84. The van der Waals surface area contributed by atoms with Gasteiger partial charge in [0.05, 0.1) is 0 Å². The molecule has 1 rings (SSSR count). The van der Waals surface area contributed by atoms with E-state index < -0.39 is 16.0 Å². The molecule has 9 heteroatoms. The molecule has 0 amide bonds. The normalized spacial score (nSPS) is 11.2. The smallest absolute Gasteiger partial charge is 0.290 e. The van der Waals surface area contributed by atoms with E-state index in [1.807, 2.05) is 0 Å². The lowest BCUT2D eigenvalue weighted by molar-refractivity contribution is 0.598. The topological polar surface area (TPSA) is 142 Å². The molecule has 1 aromatic heterocycles. The van der Waals surface area contributed by atoms with Gasteiger partial charge in [0.15, 0.2) is 10.7 Å². The Bertz CT molecular complexity index is 468. The van der Waals surface area contributed by atoms with Gasteiger partial charge in [0.1, 0.15) is 0 Å². The number of hydrogen-bond donors (Lipinski definition) is 3. The number of nitrogens with zero attached hydrogens (tertiary/aromatic N) is 3. The molecule has 1 heterocycles. The average Bonchev–Trinajstić information content (AvgIpc) is 2.27. The molecule has 0 aliphatic rings. The molecule has 78 valence electrons. The maximum absolute atomic E-state index is 11.4. The maximum Gasteiger partial charge on any atom is 0.290 e. The summed E-state index contributed by atoms with van der Waals surface area (Å²) in [6.07, 6.45) is 1.22. The van der Waals surface area contributed by atoms with Gasteiger partial charge in [-0.05, 0) is 0 Å². The van der Waals surface area contributed by atoms with Crippen molar-refractivity contribution in [1.29, 1.82) is 0 Å². The van der Waals surface area contributed by atoms with E-state index in [0.717, 1.165) is 0 Å². The largest absolute Gasteiger partial charge is 0.381 e. The first-order valence-electron chi connectivity index (χ1n) is 3.48. The standard InChI is InChI=1S/C5H10N6O2S/c1-11-2-3(4(6)9-11)14(12,13)10-5(7)8/h2H,1H3,(H2,6,9)(H4,7,8,10). The minimum atomic E-state index is -3.94. The predicted molar refractivity (Wildman–Crippen MR) is 50.6 cm³/mol. The van der Waals surface area contributed by atoms with E-state index >= 15 is 0 Å². The van der Waals surface area contributed by atoms with Gasteiger partial charge in [-0.1, -0.05) is 0 Å². The number of nitrogens with two attached hydrogens (primary N) is 3. The summed E-state index contributed by atoms with van der Waals surface area (Å²) in [7, 11) is -2.41. The number of sulfonamides is 1. The van der Waals surface area contributed by atoms with Gasteiger partial charge in [-0.3, -0.25) is 4.68 Å². The zero-order valence-electron chi connectivity index (χ0n) is 7.38. The number of aryl methyl sites for hydroxylation is 1. The number of aromatic nitrogens is 2. The number of guanidine groups is 1. The van der Waals surface area contributed by atoms with E-state index in [1.165, 1.54) is 17.9 Å². The van der Waals surface area contributed by atoms with E-state index in [2.05, 4.69) is 9.50 Å². The Labute approximate surface area is 80.4 Å². The van der Waals surface area contributed by atoms with Gasteiger partial charge in [-0.15, -0.1) is 4.40 Å². The Morgan fingerprint density at radius 1 is 1.57 bits per heavy atom. The lowest BCUT2D eigenvalue weighted by Gasteiger charge is -1.95. The van der Waals surface area contributed by atoms with Crippen molar-refractivity contribution in [3.8, 4) is 0 Å². The van der Waals surface area contributed by atoms with Crippen molar-refractivity contribution in [1.82, 2.24) is 9.78 Å². The van der Waals surface area contributed by atoms with Crippen molar-refractivity contribution in [2.24, 2.45) is 22.9 Å². The van der Waals surface area contributed by atoms with Crippen LogP contribution in [0, 0.1) is 0 Å². The van der Waals surface area contributed by atoms with Crippen molar-refractivity contribution in [3.63, 3.8) is 0 Å². The monoisotopic (exact) mass is 218 g/mol. The Hall–Kier alpha value is -1.77. The molecule has 0 aliphatic heterocycles. The molecule has 0 fully saturated rings. The molecule has 0 atom stereocenters. The molecule has 0 saturated carbocycles. The summed E-state index contributed by atoms with van der Waals surface area (Å²) < 4.78 is 27.1. The van der Waals surface area contributed by atoms with Gasteiger partial charge >= 0.3 is 0 Å². The molecule has 6 N–H and O–H groups in total. The zero-order valence-corrected chi connectivity index (χ0v) is 8.19. The molecule has 0 aliphatic carbocycles. The van der Waals surface area contributed by atoms with Gasteiger partial charge < -0.3 is 17.2 Å². The first-order valence-corrected chi connectivity index (χ1v) is 4.92. The number of anilines is 1. The minimum absolute atomic E-state index is 0.141. The first kappa shape index (κ1) is 10.3. The summed E-state index contributed by atoms with van der Waals surface area (Å²) in [6.45, 7) is 0. The Morgan fingerprint density at radius 2 is 2.14 bits per heavy atom. The SMILES string of the molecule is Cn1cc(S(=O)(=O)N=C(N)N)c(N)n1. The van der Waals surface area contributed by atoms with Gasteiger partial charge in [-0.25, -0.2) is 0 Å². The van der Waals surface area contributed by atoms with Crippen LogP contribution in [0.1, 0.15) is 0 Å². The highest BCUT2D eigenvalue weighted by atomic mass is 32.2. The molecular weight excluding hydrogens is 208 g/mol. The van der Waals surface area contributed by atoms with Crippen molar-refractivity contribution < 1.29 is 8.42 Å². The second-order valence-electron chi connectivity index (χ2n) is 2.54. The molecule has 0 spiro atoms. The molecule has 0 bridgehead atoms. The van der Waals surface area contributed by atoms with Crippen LogP contribution in [0.15, 0.2) is 15.5 Å². The van der Waals surface area contributed by atoms with Crippen LogP contribution in [0.2, 0.25) is 0 Å². The molecule has 0 unspecified atom stereocenters. The van der Waals surface area contributed by atoms with E-state index in [-0.39, 0.29) is 10.7 Å². The van der Waals surface area contributed by atoms with E-state index in [9.17, 15) is 8.42 Å². The Morgan fingerprint density at radius 3 is 2.50 bits per heavy atom. The Balaban J connectivity index is 3.31. The predicted octanol–water partition coefficient (Wildman–Crippen LogP) is -2.04. The quantitative estimate of drug-likeness (QED) is 0.385. The van der Waals surface area contributed by atoms with Crippen molar-refractivity contribution in [2.75, 3.05) is 5.73 Å². The van der Waals surface area contributed by atoms with Gasteiger partial charge in [-0.2, -0.15) is 13.5 Å². The molecule has 8 nitrogen and oxygen atoms in total. The third kappa shape index (κ3) is 1.93. The molecule has 14 heavy (non-hydrogen) atoms. The van der Waals surface area contributed by atoms with Crippen LogP contribution >= 0.6 is 0 Å². The summed E-state index contributed by atoms with van der Waals surface area (Å²) in [5.41, 5.74) is 15.2. The third-order valence-electron chi connectivity index (χ3n) is 1.33. The zero-order chi connectivity index (χ0) is 10.9. The fourth-order valence-electron chi connectivity index (χ4n) is 0.871. The molecular formula is C5H10N6O2S. The summed E-state index contributed by atoms with van der Waals surface area (Å²) in [4.78, 5) is -0.214. The fraction of sp³-hybridized carbons (Fsp3) is 0.200. The summed E-state index contributed by atoms with van der Waals surface area (Å²) in [6, 6.07) is 0. The highest BCUT2D eigenvalue weighted by molar-refractivity contribution is 7.90. The molecule has 1 aromatic rings. The van der Waals surface area contributed by atoms with Crippen LogP contribution in [0.3, 0.4) is 0 Å². The third-order valence-corrected chi connectivity index (χ3v) is 2.65. The number of nitrogen functional groups attached to an aromatic ring is 1. The molecule has 0 aromatic carbocycles. The van der Waals surface area contributed by atoms with E-state index in [0.29, 0.717) is 0 Å². The van der Waals surface area contributed by atoms with Crippen molar-refractivity contribution >= 4 is 21.8 Å².